The molecule has 0 unspecified atom stereocenters. The Morgan fingerprint density at radius 3 is 3.00 bits per heavy atom. The third-order valence-electron chi connectivity index (χ3n) is 2.64. The molecule has 1 saturated heterocycles. The van der Waals surface area contributed by atoms with Gasteiger partial charge in [-0.2, -0.15) is 5.10 Å². The van der Waals surface area contributed by atoms with Crippen LogP contribution in [0.3, 0.4) is 0 Å². The van der Waals surface area contributed by atoms with Gasteiger partial charge in [0.05, 0.1) is 0 Å². The summed E-state index contributed by atoms with van der Waals surface area (Å²) in [6.07, 6.45) is 2.35. The van der Waals surface area contributed by atoms with Gasteiger partial charge < -0.3 is 15.5 Å². The normalized spacial score (nSPS) is 15.9. The summed E-state index contributed by atoms with van der Waals surface area (Å²) in [6, 6.07) is 3.23. The van der Waals surface area contributed by atoms with Crippen LogP contribution in [0.4, 0.5) is 5.82 Å². The van der Waals surface area contributed by atoms with Gasteiger partial charge in [-0.25, -0.2) is 0 Å². The van der Waals surface area contributed by atoms with Crippen molar-refractivity contribution in [2.45, 2.75) is 6.42 Å². The van der Waals surface area contributed by atoms with Gasteiger partial charge in [-0.05, 0) is 25.1 Å². The van der Waals surface area contributed by atoms with Crippen molar-refractivity contribution in [1.82, 2.24) is 20.4 Å². The summed E-state index contributed by atoms with van der Waals surface area (Å²) >= 11 is 0. The topological polar surface area (TPSA) is 87.2 Å². The zero-order chi connectivity index (χ0) is 12.8. The van der Waals surface area contributed by atoms with E-state index in [9.17, 15) is 9.59 Å². The molecule has 18 heavy (non-hydrogen) atoms. The van der Waals surface area contributed by atoms with Crippen LogP contribution in [0.1, 0.15) is 6.42 Å². The quantitative estimate of drug-likeness (QED) is 0.639. The van der Waals surface area contributed by atoms with Crippen LogP contribution in [0.15, 0.2) is 18.3 Å². The Labute approximate surface area is 105 Å². The third-order valence-corrected chi connectivity index (χ3v) is 2.64. The van der Waals surface area contributed by atoms with E-state index in [-0.39, 0.29) is 5.82 Å². The zero-order valence-electron chi connectivity index (χ0n) is 9.93. The highest BCUT2D eigenvalue weighted by Crippen LogP contribution is 2.01. The molecule has 0 saturated carbocycles. The number of carbonyl (C=O) groups excluding carboxylic acids is 2. The average molecular weight is 249 g/mol. The van der Waals surface area contributed by atoms with Gasteiger partial charge in [0.25, 0.3) is 0 Å². The van der Waals surface area contributed by atoms with Crippen LogP contribution in [0.25, 0.3) is 0 Å². The van der Waals surface area contributed by atoms with Crippen LogP contribution in [-0.2, 0) is 9.59 Å². The number of rotatable bonds is 1. The fourth-order valence-electron chi connectivity index (χ4n) is 1.73. The SMILES string of the molecule is O=C(Nc1cccnn1)C(=O)N1CCCNCC1. The van der Waals surface area contributed by atoms with Crippen molar-refractivity contribution in [2.75, 3.05) is 31.5 Å². The molecule has 0 bridgehead atoms. The molecule has 7 nitrogen and oxygen atoms in total. The van der Waals surface area contributed by atoms with E-state index in [1.807, 2.05) is 0 Å². The summed E-state index contributed by atoms with van der Waals surface area (Å²) in [5, 5.41) is 12.9. The second kappa shape index (κ2) is 6.06. The molecule has 1 aliphatic rings. The van der Waals surface area contributed by atoms with Crippen molar-refractivity contribution < 1.29 is 9.59 Å². The fourth-order valence-corrected chi connectivity index (χ4v) is 1.73. The molecule has 0 spiro atoms. The minimum atomic E-state index is -0.669. The summed E-state index contributed by atoms with van der Waals surface area (Å²) in [7, 11) is 0. The van der Waals surface area contributed by atoms with E-state index < -0.39 is 11.8 Å². The maximum Gasteiger partial charge on any atom is 0.315 e. The van der Waals surface area contributed by atoms with Crippen LogP contribution >= 0.6 is 0 Å². The number of carbonyl (C=O) groups is 2. The molecule has 0 aromatic carbocycles. The molecule has 2 heterocycles. The van der Waals surface area contributed by atoms with E-state index >= 15 is 0 Å². The van der Waals surface area contributed by atoms with Crippen molar-refractivity contribution in [2.24, 2.45) is 0 Å². The zero-order valence-corrected chi connectivity index (χ0v) is 9.93. The maximum absolute atomic E-state index is 11.9. The lowest BCUT2D eigenvalue weighted by atomic mass is 10.3. The Hall–Kier alpha value is -2.02. The number of anilines is 1. The molecule has 1 fully saturated rings. The Balaban J connectivity index is 1.93. The second-order valence-electron chi connectivity index (χ2n) is 3.96. The van der Waals surface area contributed by atoms with Crippen molar-refractivity contribution in [3.63, 3.8) is 0 Å². The van der Waals surface area contributed by atoms with Gasteiger partial charge in [-0.3, -0.25) is 9.59 Å². The predicted molar refractivity (Wildman–Crippen MR) is 64.7 cm³/mol. The summed E-state index contributed by atoms with van der Waals surface area (Å²) in [4.78, 5) is 25.2. The van der Waals surface area contributed by atoms with Crippen LogP contribution in [0.2, 0.25) is 0 Å². The molecule has 0 aliphatic carbocycles. The van der Waals surface area contributed by atoms with Crippen LogP contribution < -0.4 is 10.6 Å². The van der Waals surface area contributed by atoms with Gasteiger partial charge in [-0.1, -0.05) is 0 Å². The van der Waals surface area contributed by atoms with Crippen LogP contribution in [0.5, 0.6) is 0 Å². The van der Waals surface area contributed by atoms with Gasteiger partial charge in [0, 0.05) is 25.8 Å². The molecule has 1 aromatic rings. The van der Waals surface area contributed by atoms with Gasteiger partial charge in [0.2, 0.25) is 0 Å². The van der Waals surface area contributed by atoms with Crippen LogP contribution in [0, 0.1) is 0 Å². The highest BCUT2D eigenvalue weighted by molar-refractivity contribution is 6.39. The molecular weight excluding hydrogens is 234 g/mol. The lowest BCUT2D eigenvalue weighted by Crippen LogP contribution is -2.41. The molecule has 2 N–H and O–H groups in total. The number of hydrogen-bond acceptors (Lipinski definition) is 5. The van der Waals surface area contributed by atoms with E-state index in [0.29, 0.717) is 19.6 Å². The van der Waals surface area contributed by atoms with E-state index in [2.05, 4.69) is 20.8 Å². The standard InChI is InChI=1S/C11H15N5O2/c17-10(14-9-3-1-5-13-15-9)11(18)16-7-2-4-12-6-8-16/h1,3,5,12H,2,4,6-8H2,(H,14,15,17). The number of nitrogens with one attached hydrogen (secondary N) is 2. The summed E-state index contributed by atoms with van der Waals surface area (Å²) < 4.78 is 0. The smallest absolute Gasteiger partial charge is 0.315 e. The lowest BCUT2D eigenvalue weighted by Gasteiger charge is -2.18. The van der Waals surface area contributed by atoms with Gasteiger partial charge in [0.15, 0.2) is 5.82 Å². The molecule has 2 amide bonds. The molecule has 0 atom stereocenters. The number of nitrogens with zero attached hydrogens (tertiary/aromatic N) is 3. The largest absolute Gasteiger partial charge is 0.333 e. The van der Waals surface area contributed by atoms with Crippen molar-refractivity contribution in [1.29, 1.82) is 0 Å². The Morgan fingerprint density at radius 2 is 2.22 bits per heavy atom. The minimum Gasteiger partial charge on any atom is -0.333 e. The van der Waals surface area contributed by atoms with E-state index in [0.717, 1.165) is 13.0 Å². The predicted octanol–water partition coefficient (Wildman–Crippen LogP) is -0.763. The first-order valence-electron chi connectivity index (χ1n) is 5.86. The first kappa shape index (κ1) is 12.4. The molecule has 1 aliphatic heterocycles. The fraction of sp³-hybridized carbons (Fsp3) is 0.455. The van der Waals surface area contributed by atoms with Gasteiger partial charge in [0.1, 0.15) is 0 Å². The van der Waals surface area contributed by atoms with Crippen molar-refractivity contribution in [3.05, 3.63) is 18.3 Å². The first-order chi connectivity index (χ1) is 8.77. The number of amides is 2. The number of aromatic nitrogens is 2. The van der Waals surface area contributed by atoms with E-state index in [1.165, 1.54) is 6.20 Å². The Morgan fingerprint density at radius 1 is 1.33 bits per heavy atom. The van der Waals surface area contributed by atoms with Gasteiger partial charge >= 0.3 is 11.8 Å². The first-order valence-corrected chi connectivity index (χ1v) is 5.86. The molecule has 7 heteroatoms. The third kappa shape index (κ3) is 3.24. The monoisotopic (exact) mass is 249 g/mol. The van der Waals surface area contributed by atoms with E-state index in [4.69, 9.17) is 0 Å². The molecule has 1 aromatic heterocycles. The van der Waals surface area contributed by atoms with Crippen molar-refractivity contribution >= 4 is 17.6 Å². The Kier molecular flexibility index (Phi) is 4.19. The molecular formula is C11H15N5O2. The summed E-state index contributed by atoms with van der Waals surface area (Å²) in [5.41, 5.74) is 0. The van der Waals surface area contributed by atoms with Crippen molar-refractivity contribution in [3.8, 4) is 0 Å². The average Bonchev–Trinajstić information content (AvgIpc) is 2.68. The molecule has 96 valence electrons. The highest BCUT2D eigenvalue weighted by Gasteiger charge is 2.22. The Bertz CT molecular complexity index is 415. The number of hydrogen-bond donors (Lipinski definition) is 2. The summed E-state index contributed by atoms with van der Waals surface area (Å²) in [5.74, 6) is -0.912. The molecule has 0 radical (unpaired) electrons. The van der Waals surface area contributed by atoms with Crippen LogP contribution in [-0.4, -0.2) is 53.1 Å². The lowest BCUT2D eigenvalue weighted by molar-refractivity contribution is -0.143. The maximum atomic E-state index is 11.9. The minimum absolute atomic E-state index is 0.281. The van der Waals surface area contributed by atoms with Gasteiger partial charge in [-0.15, -0.1) is 5.10 Å². The highest BCUT2D eigenvalue weighted by atomic mass is 16.2. The van der Waals surface area contributed by atoms with E-state index in [1.54, 1.807) is 17.0 Å². The second-order valence-corrected chi connectivity index (χ2v) is 3.96. The summed E-state index contributed by atoms with van der Waals surface area (Å²) in [6.45, 7) is 2.73. The molecule has 2 rings (SSSR count).